The Morgan fingerprint density at radius 3 is 2.40 bits per heavy atom. The molecule has 4 heteroatoms. The highest BCUT2D eigenvalue weighted by Crippen LogP contribution is 2.22. The molecule has 0 aliphatic carbocycles. The Balaban J connectivity index is 1.68. The van der Waals surface area contributed by atoms with Gasteiger partial charge in [0.1, 0.15) is 0 Å². The van der Waals surface area contributed by atoms with Crippen LogP contribution in [0.3, 0.4) is 0 Å². The first-order valence-electron chi connectivity index (χ1n) is 8.74. The number of amides is 2. The normalized spacial score (nSPS) is 15.3. The maximum atomic E-state index is 12.5. The number of benzene rings is 2. The number of anilines is 1. The van der Waals surface area contributed by atoms with E-state index in [1.807, 2.05) is 19.1 Å². The van der Waals surface area contributed by atoms with E-state index in [2.05, 4.69) is 37.4 Å². The van der Waals surface area contributed by atoms with Crippen molar-refractivity contribution < 1.29 is 9.59 Å². The summed E-state index contributed by atoms with van der Waals surface area (Å²) in [5.41, 5.74) is 5.02. The number of hydrogen-bond acceptors (Lipinski definition) is 2. The summed E-state index contributed by atoms with van der Waals surface area (Å²) >= 11 is 0. The van der Waals surface area contributed by atoms with Gasteiger partial charge in [0.15, 0.2) is 0 Å². The summed E-state index contributed by atoms with van der Waals surface area (Å²) in [5, 5.41) is 3.04. The minimum Gasteiger partial charge on any atom is -0.346 e. The lowest BCUT2D eigenvalue weighted by molar-refractivity contribution is -0.117. The monoisotopic (exact) mass is 336 g/mol. The Kier molecular flexibility index (Phi) is 4.88. The van der Waals surface area contributed by atoms with E-state index in [0.717, 1.165) is 24.2 Å². The predicted molar refractivity (Wildman–Crippen MR) is 99.8 cm³/mol. The number of nitrogens with zero attached hydrogens (tertiary/aromatic N) is 1. The van der Waals surface area contributed by atoms with E-state index in [-0.39, 0.29) is 17.9 Å². The third-order valence-corrected chi connectivity index (χ3v) is 4.89. The number of rotatable bonds is 4. The molecule has 1 N–H and O–H groups in total. The van der Waals surface area contributed by atoms with Crippen molar-refractivity contribution >= 4 is 17.5 Å². The largest absolute Gasteiger partial charge is 0.346 e. The fourth-order valence-corrected chi connectivity index (χ4v) is 3.11. The Bertz CT molecular complexity index is 796. The highest BCUT2D eigenvalue weighted by molar-refractivity contribution is 5.97. The second-order valence-electron chi connectivity index (χ2n) is 6.73. The summed E-state index contributed by atoms with van der Waals surface area (Å²) in [6, 6.07) is 13.4. The first kappa shape index (κ1) is 17.2. The molecule has 25 heavy (non-hydrogen) atoms. The van der Waals surface area contributed by atoms with E-state index in [4.69, 9.17) is 0 Å². The summed E-state index contributed by atoms with van der Waals surface area (Å²) in [6.07, 6.45) is 1.50. The summed E-state index contributed by atoms with van der Waals surface area (Å²) in [4.78, 5) is 26.1. The molecule has 0 spiro atoms. The fraction of sp³-hybridized carbons (Fsp3) is 0.333. The van der Waals surface area contributed by atoms with E-state index < -0.39 is 0 Å². The Morgan fingerprint density at radius 1 is 1.08 bits per heavy atom. The van der Waals surface area contributed by atoms with Gasteiger partial charge in [0.05, 0.1) is 6.04 Å². The van der Waals surface area contributed by atoms with Crippen LogP contribution in [0.25, 0.3) is 0 Å². The quantitative estimate of drug-likeness (QED) is 0.920. The molecule has 1 heterocycles. The summed E-state index contributed by atoms with van der Waals surface area (Å²) in [7, 11) is 0. The maximum Gasteiger partial charge on any atom is 0.251 e. The van der Waals surface area contributed by atoms with Crippen molar-refractivity contribution in [2.24, 2.45) is 0 Å². The van der Waals surface area contributed by atoms with Crippen LogP contribution in [0.1, 0.15) is 52.9 Å². The molecule has 4 nitrogen and oxygen atoms in total. The molecule has 1 aliphatic heterocycles. The highest BCUT2D eigenvalue weighted by Gasteiger charge is 2.21. The van der Waals surface area contributed by atoms with Gasteiger partial charge in [-0.1, -0.05) is 18.2 Å². The SMILES string of the molecule is Cc1ccc([C@@H](C)NC(=O)c2ccc(N3CCCC3=O)cc2)cc1C. The van der Waals surface area contributed by atoms with Crippen LogP contribution >= 0.6 is 0 Å². The molecule has 2 aromatic carbocycles. The minimum absolute atomic E-state index is 0.0633. The van der Waals surface area contributed by atoms with Crippen LogP contribution in [0.4, 0.5) is 5.69 Å². The van der Waals surface area contributed by atoms with Crippen LogP contribution in [-0.2, 0) is 4.79 Å². The zero-order valence-electron chi connectivity index (χ0n) is 15.0. The van der Waals surface area contributed by atoms with Crippen LogP contribution in [-0.4, -0.2) is 18.4 Å². The summed E-state index contributed by atoms with van der Waals surface area (Å²) in [5.74, 6) is 0.0468. The maximum absolute atomic E-state index is 12.5. The lowest BCUT2D eigenvalue weighted by atomic mass is 10.0. The van der Waals surface area contributed by atoms with Crippen molar-refractivity contribution in [2.45, 2.75) is 39.7 Å². The zero-order valence-corrected chi connectivity index (χ0v) is 15.0. The molecular weight excluding hydrogens is 312 g/mol. The van der Waals surface area contributed by atoms with Crippen molar-refractivity contribution in [1.29, 1.82) is 0 Å². The van der Waals surface area contributed by atoms with Gasteiger partial charge < -0.3 is 10.2 Å². The number of carbonyl (C=O) groups is 2. The number of carbonyl (C=O) groups excluding carboxylic acids is 2. The zero-order chi connectivity index (χ0) is 18.0. The first-order chi connectivity index (χ1) is 12.0. The fourth-order valence-electron chi connectivity index (χ4n) is 3.11. The molecule has 130 valence electrons. The van der Waals surface area contributed by atoms with Crippen molar-refractivity contribution in [1.82, 2.24) is 5.32 Å². The molecular formula is C21H24N2O2. The lowest BCUT2D eigenvalue weighted by Gasteiger charge is -2.17. The third kappa shape index (κ3) is 3.73. The lowest BCUT2D eigenvalue weighted by Crippen LogP contribution is -2.27. The molecule has 0 radical (unpaired) electrons. The van der Waals surface area contributed by atoms with Crippen LogP contribution in [0.15, 0.2) is 42.5 Å². The minimum atomic E-state index is -0.106. The van der Waals surface area contributed by atoms with Crippen LogP contribution in [0, 0.1) is 13.8 Å². The topological polar surface area (TPSA) is 49.4 Å². The van der Waals surface area contributed by atoms with Crippen molar-refractivity contribution in [2.75, 3.05) is 11.4 Å². The highest BCUT2D eigenvalue weighted by atomic mass is 16.2. The van der Waals surface area contributed by atoms with Gasteiger partial charge in [-0.3, -0.25) is 9.59 Å². The molecule has 0 aromatic heterocycles. The van der Waals surface area contributed by atoms with Crippen LogP contribution < -0.4 is 10.2 Å². The van der Waals surface area contributed by atoms with Crippen LogP contribution in [0.2, 0.25) is 0 Å². The molecule has 2 aromatic rings. The van der Waals surface area contributed by atoms with Crippen LogP contribution in [0.5, 0.6) is 0 Å². The molecule has 2 amide bonds. The standard InChI is InChI=1S/C21H24N2O2/c1-14-6-7-18(13-15(14)2)16(3)22-21(25)17-8-10-19(11-9-17)23-12-4-5-20(23)24/h6-11,13,16H,4-5,12H2,1-3H3,(H,22,25)/t16-/m1/s1. The molecule has 1 saturated heterocycles. The smallest absolute Gasteiger partial charge is 0.251 e. The average molecular weight is 336 g/mol. The van der Waals surface area contributed by atoms with E-state index in [1.165, 1.54) is 11.1 Å². The third-order valence-electron chi connectivity index (χ3n) is 4.89. The van der Waals surface area contributed by atoms with Gasteiger partial charge in [-0.25, -0.2) is 0 Å². The molecule has 0 unspecified atom stereocenters. The molecule has 1 atom stereocenters. The second-order valence-corrected chi connectivity index (χ2v) is 6.73. The average Bonchev–Trinajstić information content (AvgIpc) is 3.03. The van der Waals surface area contributed by atoms with Gasteiger partial charge in [-0.05, 0) is 68.1 Å². The summed E-state index contributed by atoms with van der Waals surface area (Å²) in [6.45, 7) is 6.90. The van der Waals surface area contributed by atoms with Gasteiger partial charge in [0.25, 0.3) is 5.91 Å². The van der Waals surface area contributed by atoms with E-state index in [9.17, 15) is 9.59 Å². The van der Waals surface area contributed by atoms with Gasteiger partial charge >= 0.3 is 0 Å². The Morgan fingerprint density at radius 2 is 1.80 bits per heavy atom. The molecule has 1 fully saturated rings. The number of nitrogens with one attached hydrogen (secondary N) is 1. The van der Waals surface area contributed by atoms with Crippen molar-refractivity contribution in [3.8, 4) is 0 Å². The molecule has 1 aliphatic rings. The van der Waals surface area contributed by atoms with Gasteiger partial charge in [0, 0.05) is 24.2 Å². The second kappa shape index (κ2) is 7.09. The van der Waals surface area contributed by atoms with Crippen molar-refractivity contribution in [3.05, 3.63) is 64.7 Å². The van der Waals surface area contributed by atoms with E-state index in [1.54, 1.807) is 17.0 Å². The number of aryl methyl sites for hydroxylation is 2. The van der Waals surface area contributed by atoms with Gasteiger partial charge in [0.2, 0.25) is 5.91 Å². The Labute approximate surface area is 148 Å². The van der Waals surface area contributed by atoms with Gasteiger partial charge in [-0.15, -0.1) is 0 Å². The van der Waals surface area contributed by atoms with E-state index >= 15 is 0 Å². The van der Waals surface area contributed by atoms with Gasteiger partial charge in [-0.2, -0.15) is 0 Å². The predicted octanol–water partition coefficient (Wildman–Crippen LogP) is 3.92. The first-order valence-corrected chi connectivity index (χ1v) is 8.74. The Hall–Kier alpha value is -2.62. The van der Waals surface area contributed by atoms with E-state index in [0.29, 0.717) is 12.0 Å². The molecule has 3 rings (SSSR count). The van der Waals surface area contributed by atoms with Crippen molar-refractivity contribution in [3.63, 3.8) is 0 Å². The summed E-state index contributed by atoms with van der Waals surface area (Å²) < 4.78 is 0. The molecule has 0 saturated carbocycles. The number of hydrogen-bond donors (Lipinski definition) is 1. The molecule has 0 bridgehead atoms.